The Morgan fingerprint density at radius 3 is 2.22 bits per heavy atom. The van der Waals surface area contributed by atoms with Crippen LogP contribution in [-0.2, 0) is 28.6 Å². The van der Waals surface area contributed by atoms with Crippen LogP contribution < -0.4 is 5.32 Å². The minimum absolute atomic E-state index is 0.0349. The van der Waals surface area contributed by atoms with E-state index in [-0.39, 0.29) is 47.0 Å². The molecule has 8 nitrogen and oxygen atoms in total. The van der Waals surface area contributed by atoms with Crippen LogP contribution in [0.3, 0.4) is 0 Å². The summed E-state index contributed by atoms with van der Waals surface area (Å²) >= 11 is 0. The van der Waals surface area contributed by atoms with Gasteiger partial charge < -0.3 is 24.6 Å². The molecule has 2 bridgehead atoms. The number of hydrogen-bond donors (Lipinski definition) is 2. The second-order valence-electron chi connectivity index (χ2n) is 10.3. The van der Waals surface area contributed by atoms with Crippen molar-refractivity contribution in [1.29, 1.82) is 0 Å². The smallest absolute Gasteiger partial charge is 0.251 e. The topological polar surface area (TPSA) is 111 Å². The third kappa shape index (κ3) is 7.80. The Bertz CT molecular complexity index is 977. The molecule has 0 aromatic carbocycles. The predicted molar refractivity (Wildman–Crippen MR) is 142 cm³/mol. The number of carbonyl (C=O) groups excluding carboxylic acids is 3. The number of allylic oxidation sites excluding steroid dienone is 4. The fraction of sp³-hybridized carbons (Fsp3) is 0.621. The van der Waals surface area contributed by atoms with Crippen molar-refractivity contribution >= 4 is 17.5 Å². The summed E-state index contributed by atoms with van der Waals surface area (Å²) < 4.78 is 17.4. The van der Waals surface area contributed by atoms with Gasteiger partial charge in [-0.15, -0.1) is 0 Å². The molecule has 0 saturated heterocycles. The monoisotopic (exact) mass is 517 g/mol. The molecule has 1 amide bonds. The summed E-state index contributed by atoms with van der Waals surface area (Å²) in [6, 6.07) is 0. The molecule has 0 aromatic heterocycles. The zero-order valence-electron chi connectivity index (χ0n) is 23.4. The van der Waals surface area contributed by atoms with Crippen molar-refractivity contribution in [2.45, 2.75) is 78.3 Å². The van der Waals surface area contributed by atoms with E-state index in [2.05, 4.69) is 5.32 Å². The Balaban J connectivity index is 2.51. The molecule has 1 aliphatic heterocycles. The standard InChI is InChI=1S/C29H43NO7/c1-16-10-9-11-17(2)29(34)30-23-15-21(31)14-22(26(23)33)27(36-7)20(5)13-24(35-6)28(37-8)19(4)12-18(3)25(16)32/h11-12,14-16,19-20,24-25,27-28,32H,9-10,13H2,1-8H3,(H,30,34)/b17-11+,18-12+/t16-,19-,20-,24-,25+,27+,28+/m0/s1. The second kappa shape index (κ2) is 14.0. The van der Waals surface area contributed by atoms with Crippen LogP contribution >= 0.6 is 0 Å². The van der Waals surface area contributed by atoms with Crippen molar-refractivity contribution in [3.63, 3.8) is 0 Å². The van der Waals surface area contributed by atoms with Gasteiger partial charge in [0.05, 0.1) is 30.1 Å². The lowest BCUT2D eigenvalue weighted by Gasteiger charge is -2.33. The van der Waals surface area contributed by atoms with Crippen molar-refractivity contribution < 1.29 is 33.7 Å². The third-order valence-electron chi connectivity index (χ3n) is 7.44. The maximum absolute atomic E-state index is 13.3. The van der Waals surface area contributed by atoms with Gasteiger partial charge >= 0.3 is 0 Å². The first-order chi connectivity index (χ1) is 17.4. The number of Topliss-reactive ketones (excluding diaryl/α,β-unsaturated/α-hetero) is 1. The van der Waals surface area contributed by atoms with Crippen LogP contribution in [-0.4, -0.2) is 68.3 Å². The van der Waals surface area contributed by atoms with E-state index < -0.39 is 23.9 Å². The molecule has 2 rings (SSSR count). The highest BCUT2D eigenvalue weighted by Crippen LogP contribution is 2.30. The molecule has 37 heavy (non-hydrogen) atoms. The summed E-state index contributed by atoms with van der Waals surface area (Å²) in [4.78, 5) is 38.6. The van der Waals surface area contributed by atoms with Crippen molar-refractivity contribution in [3.05, 3.63) is 46.7 Å². The van der Waals surface area contributed by atoms with E-state index in [1.165, 1.54) is 13.2 Å². The van der Waals surface area contributed by atoms with Crippen molar-refractivity contribution in [1.82, 2.24) is 5.32 Å². The highest BCUT2D eigenvalue weighted by molar-refractivity contribution is 6.22. The zero-order valence-corrected chi connectivity index (χ0v) is 23.4. The van der Waals surface area contributed by atoms with Gasteiger partial charge in [0.15, 0.2) is 5.78 Å². The highest BCUT2D eigenvalue weighted by Gasteiger charge is 2.36. The fourth-order valence-electron chi connectivity index (χ4n) is 5.24. The predicted octanol–water partition coefficient (Wildman–Crippen LogP) is 3.46. The van der Waals surface area contributed by atoms with Crippen LogP contribution in [0.4, 0.5) is 0 Å². The number of amides is 1. The van der Waals surface area contributed by atoms with E-state index in [9.17, 15) is 19.5 Å². The van der Waals surface area contributed by atoms with Gasteiger partial charge in [-0.2, -0.15) is 0 Å². The molecule has 0 fully saturated rings. The van der Waals surface area contributed by atoms with Crippen molar-refractivity contribution in [3.8, 4) is 0 Å². The summed E-state index contributed by atoms with van der Waals surface area (Å²) in [6.45, 7) is 9.49. The van der Waals surface area contributed by atoms with Gasteiger partial charge in [0.1, 0.15) is 0 Å². The summed E-state index contributed by atoms with van der Waals surface area (Å²) in [7, 11) is 4.73. The maximum Gasteiger partial charge on any atom is 0.251 e. The number of ether oxygens (including phenoxy) is 3. The van der Waals surface area contributed by atoms with Crippen molar-refractivity contribution in [2.24, 2.45) is 17.8 Å². The molecule has 1 heterocycles. The van der Waals surface area contributed by atoms with E-state index in [0.717, 1.165) is 11.6 Å². The number of ketones is 2. The molecule has 0 radical (unpaired) electrons. The van der Waals surface area contributed by atoms with Crippen LogP contribution in [0.1, 0.15) is 53.9 Å². The SMILES string of the molecule is CO[C@H]1[C@@H](OC)C[C@H](C)[C@@H](OC)C2=CC(=O)C=C(NC(=O)/C(C)=C/CC[C@H](C)[C@@H](O)/C(C)=C/[C@@H]1C)C2=O. The Kier molecular flexibility index (Phi) is 11.6. The Morgan fingerprint density at radius 1 is 0.946 bits per heavy atom. The molecule has 0 unspecified atom stereocenters. The molecule has 0 aromatic rings. The normalized spacial score (nSPS) is 36.0. The average Bonchev–Trinajstić information content (AvgIpc) is 2.85. The Hall–Kier alpha value is -2.39. The summed E-state index contributed by atoms with van der Waals surface area (Å²) in [5, 5.41) is 13.5. The second-order valence-corrected chi connectivity index (χ2v) is 10.3. The quantitative estimate of drug-likeness (QED) is 0.436. The number of hydrogen-bond acceptors (Lipinski definition) is 7. The van der Waals surface area contributed by atoms with Gasteiger partial charge in [-0.3, -0.25) is 14.4 Å². The van der Waals surface area contributed by atoms with Crippen molar-refractivity contribution in [2.75, 3.05) is 21.3 Å². The zero-order chi connectivity index (χ0) is 27.9. The number of aliphatic hydroxyl groups is 1. The summed E-state index contributed by atoms with van der Waals surface area (Å²) in [5.41, 5.74) is 1.41. The number of fused-ring (bicyclic) bond motifs is 2. The van der Waals surface area contributed by atoms with Crippen LogP contribution in [0.25, 0.3) is 0 Å². The lowest BCUT2D eigenvalue weighted by atomic mass is 9.83. The summed E-state index contributed by atoms with van der Waals surface area (Å²) in [6.07, 6.45) is 5.96. The number of carbonyl (C=O) groups is 3. The first kappa shape index (κ1) is 30.8. The molecular formula is C29H43NO7. The van der Waals surface area contributed by atoms with Gasteiger partial charge in [0.25, 0.3) is 5.91 Å². The van der Waals surface area contributed by atoms with Gasteiger partial charge in [0.2, 0.25) is 5.78 Å². The van der Waals surface area contributed by atoms with E-state index in [1.54, 1.807) is 27.2 Å². The first-order valence-corrected chi connectivity index (χ1v) is 12.9. The largest absolute Gasteiger partial charge is 0.388 e. The van der Waals surface area contributed by atoms with Crippen LogP contribution in [0, 0.1) is 17.8 Å². The van der Waals surface area contributed by atoms with Gasteiger partial charge in [0, 0.05) is 44.5 Å². The molecule has 206 valence electrons. The fourth-order valence-corrected chi connectivity index (χ4v) is 5.24. The molecule has 1 aliphatic carbocycles. The van der Waals surface area contributed by atoms with Crippen LogP contribution in [0.15, 0.2) is 46.7 Å². The number of methoxy groups -OCH3 is 3. The van der Waals surface area contributed by atoms with Gasteiger partial charge in [-0.25, -0.2) is 0 Å². The minimum Gasteiger partial charge on any atom is -0.388 e. The maximum atomic E-state index is 13.3. The average molecular weight is 518 g/mol. The minimum atomic E-state index is -0.693. The number of aliphatic hydroxyl groups excluding tert-OH is 1. The Morgan fingerprint density at radius 2 is 1.62 bits per heavy atom. The lowest BCUT2D eigenvalue weighted by Crippen LogP contribution is -2.40. The molecule has 8 heteroatoms. The number of nitrogens with one attached hydrogen (secondary N) is 1. The highest BCUT2D eigenvalue weighted by atomic mass is 16.5. The molecular weight excluding hydrogens is 474 g/mol. The van der Waals surface area contributed by atoms with E-state index in [4.69, 9.17) is 14.2 Å². The molecule has 0 saturated carbocycles. The molecule has 0 spiro atoms. The van der Waals surface area contributed by atoms with Gasteiger partial charge in [-0.05, 0) is 56.6 Å². The van der Waals surface area contributed by atoms with Crippen LogP contribution in [0.2, 0.25) is 0 Å². The molecule has 2 N–H and O–H groups in total. The van der Waals surface area contributed by atoms with E-state index in [0.29, 0.717) is 24.8 Å². The molecule has 2 aliphatic rings. The van der Waals surface area contributed by atoms with Crippen LogP contribution in [0.5, 0.6) is 0 Å². The lowest BCUT2D eigenvalue weighted by molar-refractivity contribution is -0.120. The third-order valence-corrected chi connectivity index (χ3v) is 7.44. The molecule has 7 atom stereocenters. The van der Waals surface area contributed by atoms with Gasteiger partial charge in [-0.1, -0.05) is 32.9 Å². The van der Waals surface area contributed by atoms with E-state index in [1.807, 2.05) is 33.8 Å². The first-order valence-electron chi connectivity index (χ1n) is 12.9. The Labute approximate surface area is 220 Å². The van der Waals surface area contributed by atoms with E-state index >= 15 is 0 Å². The number of rotatable bonds is 3. The summed E-state index contributed by atoms with van der Waals surface area (Å²) in [5.74, 6) is -1.61.